The zero-order valence-electron chi connectivity index (χ0n) is 11.3. The van der Waals surface area contributed by atoms with Crippen LogP contribution in [0.3, 0.4) is 0 Å². The number of benzene rings is 1. The highest BCUT2D eigenvalue weighted by Gasteiger charge is 2.17. The van der Waals surface area contributed by atoms with Crippen molar-refractivity contribution in [2.45, 2.75) is 39.5 Å². The molecule has 1 aromatic carbocycles. The first-order valence-corrected chi connectivity index (χ1v) is 7.48. The van der Waals surface area contributed by atoms with Crippen molar-refractivity contribution in [3.8, 4) is 0 Å². The summed E-state index contributed by atoms with van der Waals surface area (Å²) < 4.78 is 3.91. The number of aryl methyl sites for hydroxylation is 2. The number of aromatic nitrogens is 2. The molecular formula is C15H18N2OS. The first-order chi connectivity index (χ1) is 9.26. The Hall–Kier alpha value is -1.55. The van der Waals surface area contributed by atoms with Gasteiger partial charge in [-0.2, -0.15) is 0 Å². The summed E-state index contributed by atoms with van der Waals surface area (Å²) >= 11 is 1.20. The van der Waals surface area contributed by atoms with Gasteiger partial charge in [0.15, 0.2) is 0 Å². The van der Waals surface area contributed by atoms with E-state index in [0.717, 1.165) is 36.9 Å². The monoisotopic (exact) mass is 274 g/mol. The van der Waals surface area contributed by atoms with Crippen LogP contribution in [0.2, 0.25) is 0 Å². The molecule has 4 heteroatoms. The van der Waals surface area contributed by atoms with Crippen LogP contribution in [0.4, 0.5) is 0 Å². The van der Waals surface area contributed by atoms with Gasteiger partial charge in [-0.3, -0.25) is 4.79 Å². The zero-order valence-corrected chi connectivity index (χ0v) is 12.2. The van der Waals surface area contributed by atoms with Crippen LogP contribution < -0.4 is 0 Å². The first kappa shape index (κ1) is 13.9. The summed E-state index contributed by atoms with van der Waals surface area (Å²) in [6.45, 7) is 4.23. The molecule has 2 rings (SSSR count). The minimum absolute atomic E-state index is 0.0431. The molecule has 0 saturated heterocycles. The lowest BCUT2D eigenvalue weighted by atomic mass is 10.0. The van der Waals surface area contributed by atoms with Crippen molar-refractivity contribution in [3.05, 3.63) is 46.0 Å². The van der Waals surface area contributed by atoms with Crippen LogP contribution in [-0.2, 0) is 12.8 Å². The molecule has 0 aliphatic carbocycles. The van der Waals surface area contributed by atoms with Crippen LogP contribution in [-0.4, -0.2) is 15.4 Å². The molecule has 0 radical (unpaired) electrons. The predicted molar refractivity (Wildman–Crippen MR) is 77.8 cm³/mol. The van der Waals surface area contributed by atoms with Crippen LogP contribution in [0.25, 0.3) is 0 Å². The summed E-state index contributed by atoms with van der Waals surface area (Å²) in [6.07, 6.45) is 3.96. The predicted octanol–water partition coefficient (Wildman–Crippen LogP) is 3.67. The van der Waals surface area contributed by atoms with Crippen LogP contribution in [0.1, 0.15) is 53.2 Å². The van der Waals surface area contributed by atoms with Gasteiger partial charge < -0.3 is 0 Å². The highest BCUT2D eigenvalue weighted by molar-refractivity contribution is 7.08. The van der Waals surface area contributed by atoms with Crippen LogP contribution in [0.15, 0.2) is 24.3 Å². The molecule has 0 N–H and O–H groups in total. The molecule has 0 aliphatic heterocycles. The van der Waals surface area contributed by atoms with Gasteiger partial charge in [-0.05, 0) is 29.9 Å². The summed E-state index contributed by atoms with van der Waals surface area (Å²) in [7, 11) is 0. The molecule has 0 saturated carbocycles. The van der Waals surface area contributed by atoms with Gasteiger partial charge in [-0.1, -0.05) is 55.4 Å². The third-order valence-electron chi connectivity index (χ3n) is 3.00. The van der Waals surface area contributed by atoms with Gasteiger partial charge in [0.05, 0.1) is 5.69 Å². The summed E-state index contributed by atoms with van der Waals surface area (Å²) in [5.74, 6) is 0.0431. The van der Waals surface area contributed by atoms with E-state index in [-0.39, 0.29) is 5.78 Å². The van der Waals surface area contributed by atoms with Crippen molar-refractivity contribution in [1.29, 1.82) is 0 Å². The van der Waals surface area contributed by atoms with E-state index in [4.69, 9.17) is 0 Å². The van der Waals surface area contributed by atoms with E-state index in [9.17, 15) is 4.79 Å². The Bertz CT molecular complexity index is 546. The van der Waals surface area contributed by atoms with Crippen molar-refractivity contribution in [2.24, 2.45) is 0 Å². The van der Waals surface area contributed by atoms with Gasteiger partial charge >= 0.3 is 0 Å². The number of rotatable bonds is 6. The van der Waals surface area contributed by atoms with E-state index >= 15 is 0 Å². The molecule has 0 bridgehead atoms. The molecule has 0 fully saturated rings. The van der Waals surface area contributed by atoms with Gasteiger partial charge in [-0.15, -0.1) is 5.10 Å². The zero-order chi connectivity index (χ0) is 13.7. The highest BCUT2D eigenvalue weighted by atomic mass is 32.1. The third kappa shape index (κ3) is 3.26. The molecule has 0 aliphatic rings. The average Bonchev–Trinajstić information content (AvgIpc) is 2.88. The molecule has 0 spiro atoms. The van der Waals surface area contributed by atoms with Gasteiger partial charge in [-0.25, -0.2) is 0 Å². The topological polar surface area (TPSA) is 42.9 Å². The van der Waals surface area contributed by atoms with Gasteiger partial charge in [0.1, 0.15) is 4.88 Å². The van der Waals surface area contributed by atoms with E-state index in [1.165, 1.54) is 17.1 Å². The average molecular weight is 274 g/mol. The van der Waals surface area contributed by atoms with E-state index in [2.05, 4.69) is 23.4 Å². The molecule has 0 atom stereocenters. The van der Waals surface area contributed by atoms with Crippen molar-refractivity contribution < 1.29 is 4.79 Å². The van der Waals surface area contributed by atoms with Crippen molar-refractivity contribution in [2.75, 3.05) is 0 Å². The quantitative estimate of drug-likeness (QED) is 0.755. The smallest absolute Gasteiger partial charge is 0.206 e. The maximum Gasteiger partial charge on any atom is 0.206 e. The molecule has 0 unspecified atom stereocenters. The maximum absolute atomic E-state index is 12.4. The van der Waals surface area contributed by atoms with Crippen LogP contribution in [0, 0.1) is 0 Å². The molecule has 0 amide bonds. The molecule has 1 aromatic heterocycles. The maximum atomic E-state index is 12.4. The SMILES string of the molecule is CCCc1ccc(C(=O)c2snnc2CCC)cc1. The molecule has 19 heavy (non-hydrogen) atoms. The number of nitrogens with zero attached hydrogens (tertiary/aromatic N) is 2. The fraction of sp³-hybridized carbons (Fsp3) is 0.400. The van der Waals surface area contributed by atoms with Crippen molar-refractivity contribution >= 4 is 17.3 Å². The Balaban J connectivity index is 2.21. The minimum atomic E-state index is 0.0431. The Morgan fingerprint density at radius 2 is 1.79 bits per heavy atom. The molecule has 2 aromatic rings. The number of carbonyl (C=O) groups excluding carboxylic acids is 1. The van der Waals surface area contributed by atoms with Gasteiger partial charge in [0.25, 0.3) is 0 Å². The fourth-order valence-electron chi connectivity index (χ4n) is 2.02. The lowest BCUT2D eigenvalue weighted by Gasteiger charge is -2.02. The Labute approximate surface area is 117 Å². The lowest BCUT2D eigenvalue weighted by Crippen LogP contribution is -2.03. The normalized spacial score (nSPS) is 10.6. The van der Waals surface area contributed by atoms with E-state index in [0.29, 0.717) is 4.88 Å². The third-order valence-corrected chi connectivity index (χ3v) is 3.77. The summed E-state index contributed by atoms with van der Waals surface area (Å²) in [5, 5.41) is 4.05. The largest absolute Gasteiger partial charge is 0.288 e. The fourth-order valence-corrected chi connectivity index (χ4v) is 2.69. The Morgan fingerprint density at radius 1 is 1.11 bits per heavy atom. The Morgan fingerprint density at radius 3 is 2.42 bits per heavy atom. The second-order valence-corrected chi connectivity index (χ2v) is 5.33. The second kappa shape index (κ2) is 6.57. The first-order valence-electron chi connectivity index (χ1n) is 6.71. The highest BCUT2D eigenvalue weighted by Crippen LogP contribution is 2.18. The summed E-state index contributed by atoms with van der Waals surface area (Å²) in [4.78, 5) is 13.1. The van der Waals surface area contributed by atoms with E-state index in [1.54, 1.807) is 0 Å². The Kier molecular flexibility index (Phi) is 4.80. The number of hydrogen-bond acceptors (Lipinski definition) is 4. The molecule has 100 valence electrons. The van der Waals surface area contributed by atoms with Gasteiger partial charge in [0.2, 0.25) is 5.78 Å². The van der Waals surface area contributed by atoms with Crippen molar-refractivity contribution in [3.63, 3.8) is 0 Å². The van der Waals surface area contributed by atoms with E-state index < -0.39 is 0 Å². The molecule has 1 heterocycles. The van der Waals surface area contributed by atoms with Gasteiger partial charge in [0, 0.05) is 5.56 Å². The lowest BCUT2D eigenvalue weighted by molar-refractivity contribution is 0.104. The van der Waals surface area contributed by atoms with Crippen LogP contribution in [0.5, 0.6) is 0 Å². The molecular weight excluding hydrogens is 256 g/mol. The number of hydrogen-bond donors (Lipinski definition) is 0. The van der Waals surface area contributed by atoms with Crippen molar-refractivity contribution in [1.82, 2.24) is 9.59 Å². The standard InChI is InChI=1S/C15H18N2OS/c1-3-5-11-7-9-12(10-8-11)14(18)15-13(6-4-2)16-17-19-15/h7-10H,3-6H2,1-2H3. The summed E-state index contributed by atoms with van der Waals surface area (Å²) in [5.41, 5.74) is 2.83. The minimum Gasteiger partial charge on any atom is -0.288 e. The summed E-state index contributed by atoms with van der Waals surface area (Å²) in [6, 6.07) is 7.88. The number of ketones is 1. The number of carbonyl (C=O) groups is 1. The van der Waals surface area contributed by atoms with Crippen LogP contribution >= 0.6 is 11.5 Å². The molecule has 3 nitrogen and oxygen atoms in total. The second-order valence-electron chi connectivity index (χ2n) is 4.57. The van der Waals surface area contributed by atoms with E-state index in [1.807, 2.05) is 24.3 Å².